The van der Waals surface area contributed by atoms with Crippen LogP contribution in [-0.2, 0) is 0 Å². The lowest BCUT2D eigenvalue weighted by atomic mass is 9.91. The van der Waals surface area contributed by atoms with Crippen LogP contribution in [0.1, 0.15) is 36.0 Å². The lowest BCUT2D eigenvalue weighted by Gasteiger charge is -2.35. The van der Waals surface area contributed by atoms with Gasteiger partial charge < -0.3 is 10.0 Å². The van der Waals surface area contributed by atoms with E-state index in [1.165, 1.54) is 17.0 Å². The monoisotopic (exact) mass is 356 g/mol. The Hall–Kier alpha value is -1.47. The zero-order valence-electron chi connectivity index (χ0n) is 11.7. The first-order valence-corrected chi connectivity index (χ1v) is 7.61. The van der Waals surface area contributed by atoms with Crippen molar-refractivity contribution in [2.45, 2.75) is 37.8 Å². The van der Waals surface area contributed by atoms with Crippen LogP contribution < -0.4 is 0 Å². The van der Waals surface area contributed by atoms with E-state index >= 15 is 0 Å². The second kappa shape index (κ2) is 6.53. The van der Waals surface area contributed by atoms with Crippen LogP contribution in [0.4, 0.5) is 5.69 Å². The molecule has 0 aromatic heterocycles. The van der Waals surface area contributed by atoms with Crippen molar-refractivity contribution in [3.63, 3.8) is 0 Å². The molecule has 114 valence electrons. The number of carbonyl (C=O) groups excluding carboxylic acids is 1. The number of nitro benzene ring substituents is 1. The molecule has 0 heterocycles. The molecule has 21 heavy (non-hydrogen) atoms. The van der Waals surface area contributed by atoms with E-state index in [2.05, 4.69) is 15.9 Å². The Bertz CT molecular complexity index is 564. The number of aliphatic hydroxyl groups excluding tert-OH is 1. The van der Waals surface area contributed by atoms with Gasteiger partial charge in [-0.15, -0.1) is 0 Å². The summed E-state index contributed by atoms with van der Waals surface area (Å²) in [5.74, 6) is -0.323. The van der Waals surface area contributed by atoms with Gasteiger partial charge in [-0.2, -0.15) is 0 Å². The van der Waals surface area contributed by atoms with Crippen LogP contribution in [0.2, 0.25) is 0 Å². The fourth-order valence-electron chi connectivity index (χ4n) is 2.71. The molecule has 1 aromatic rings. The zero-order chi connectivity index (χ0) is 15.6. The van der Waals surface area contributed by atoms with Crippen LogP contribution in [0.25, 0.3) is 0 Å². The van der Waals surface area contributed by atoms with Gasteiger partial charge in [-0.3, -0.25) is 14.9 Å². The molecular formula is C14H17BrN2O4. The highest BCUT2D eigenvalue weighted by Crippen LogP contribution is 2.30. The van der Waals surface area contributed by atoms with E-state index in [0.717, 1.165) is 19.3 Å². The Labute approximate surface area is 131 Å². The molecule has 1 fully saturated rings. The molecule has 2 atom stereocenters. The van der Waals surface area contributed by atoms with Gasteiger partial charge in [-0.25, -0.2) is 0 Å². The Morgan fingerprint density at radius 1 is 1.43 bits per heavy atom. The molecule has 0 bridgehead atoms. The number of likely N-dealkylation sites (N-methyl/N-ethyl adjacent to an activating group) is 1. The highest BCUT2D eigenvalue weighted by molar-refractivity contribution is 9.10. The molecule has 1 aliphatic rings. The van der Waals surface area contributed by atoms with E-state index < -0.39 is 11.0 Å². The second-order valence-corrected chi connectivity index (χ2v) is 6.02. The fourth-order valence-corrected chi connectivity index (χ4v) is 3.29. The predicted molar refractivity (Wildman–Crippen MR) is 81.2 cm³/mol. The summed E-state index contributed by atoms with van der Waals surface area (Å²) in [6.45, 7) is 0. The third-order valence-electron chi connectivity index (χ3n) is 3.92. The predicted octanol–water partition coefficient (Wildman–Crippen LogP) is 2.73. The van der Waals surface area contributed by atoms with Crippen LogP contribution in [0.5, 0.6) is 0 Å². The van der Waals surface area contributed by atoms with Gasteiger partial charge in [0.25, 0.3) is 11.6 Å². The molecule has 0 saturated heterocycles. The maximum atomic E-state index is 12.5. The number of halogens is 1. The van der Waals surface area contributed by atoms with Crippen LogP contribution in [0, 0.1) is 10.1 Å². The SMILES string of the molecule is CN(C(=O)c1cccc([N+](=O)[O-])c1Br)C1CCCCC1O. The number of hydrogen-bond acceptors (Lipinski definition) is 4. The molecule has 6 nitrogen and oxygen atoms in total. The quantitative estimate of drug-likeness (QED) is 0.666. The van der Waals surface area contributed by atoms with Crippen molar-refractivity contribution in [1.29, 1.82) is 0 Å². The number of nitrogens with zero attached hydrogens (tertiary/aromatic N) is 2. The number of rotatable bonds is 3. The summed E-state index contributed by atoms with van der Waals surface area (Å²) in [6.07, 6.45) is 2.81. The topological polar surface area (TPSA) is 83.7 Å². The minimum absolute atomic E-state index is 0.140. The fraction of sp³-hybridized carbons (Fsp3) is 0.500. The normalized spacial score (nSPS) is 21.9. The van der Waals surface area contributed by atoms with Gasteiger partial charge >= 0.3 is 0 Å². The molecule has 1 N–H and O–H groups in total. The maximum Gasteiger partial charge on any atom is 0.284 e. The van der Waals surface area contributed by atoms with Crippen molar-refractivity contribution in [3.05, 3.63) is 38.3 Å². The van der Waals surface area contributed by atoms with E-state index in [9.17, 15) is 20.0 Å². The molecule has 0 spiro atoms. The van der Waals surface area contributed by atoms with Crippen molar-refractivity contribution in [3.8, 4) is 0 Å². The molecule has 1 amide bonds. The summed E-state index contributed by atoms with van der Waals surface area (Å²) in [7, 11) is 1.63. The van der Waals surface area contributed by atoms with Crippen molar-refractivity contribution in [1.82, 2.24) is 4.90 Å². The number of aliphatic hydroxyl groups is 1. The lowest BCUT2D eigenvalue weighted by molar-refractivity contribution is -0.385. The van der Waals surface area contributed by atoms with Crippen LogP contribution in [-0.4, -0.2) is 40.0 Å². The first kappa shape index (κ1) is 15.9. The molecule has 0 aliphatic heterocycles. The number of carbonyl (C=O) groups is 1. The van der Waals surface area contributed by atoms with E-state index in [0.29, 0.717) is 6.42 Å². The maximum absolute atomic E-state index is 12.5. The number of benzene rings is 1. The van der Waals surface area contributed by atoms with E-state index in [-0.39, 0.29) is 27.7 Å². The van der Waals surface area contributed by atoms with Crippen LogP contribution in [0.15, 0.2) is 22.7 Å². The minimum atomic E-state index is -0.537. The van der Waals surface area contributed by atoms with Crippen molar-refractivity contribution in [2.75, 3.05) is 7.05 Å². The Morgan fingerprint density at radius 3 is 2.71 bits per heavy atom. The molecule has 1 saturated carbocycles. The molecule has 1 aromatic carbocycles. The number of amides is 1. The summed E-state index contributed by atoms with van der Waals surface area (Å²) in [5.41, 5.74) is 0.0999. The smallest absolute Gasteiger partial charge is 0.284 e. The summed E-state index contributed by atoms with van der Waals surface area (Å²) >= 11 is 3.14. The third kappa shape index (κ3) is 3.24. The van der Waals surface area contributed by atoms with E-state index in [1.807, 2.05) is 0 Å². The Morgan fingerprint density at radius 2 is 2.10 bits per heavy atom. The summed E-state index contributed by atoms with van der Waals surface area (Å²) in [4.78, 5) is 24.4. The van der Waals surface area contributed by atoms with E-state index in [4.69, 9.17) is 0 Å². The Balaban J connectivity index is 2.27. The average Bonchev–Trinajstić information content (AvgIpc) is 2.46. The summed E-state index contributed by atoms with van der Waals surface area (Å²) in [6, 6.07) is 4.14. The standard InChI is InChI=1S/C14H17BrN2O4/c1-16(10-6-2-3-8-12(10)18)14(19)9-5-4-7-11(13(9)15)17(20)21/h4-5,7,10,12,18H,2-3,6,8H2,1H3. The Kier molecular flexibility index (Phi) is 4.95. The lowest BCUT2D eigenvalue weighted by Crippen LogP contribution is -2.46. The summed E-state index contributed by atoms with van der Waals surface area (Å²) in [5, 5.41) is 21.0. The zero-order valence-corrected chi connectivity index (χ0v) is 13.2. The molecular weight excluding hydrogens is 340 g/mol. The molecule has 1 aliphatic carbocycles. The molecule has 2 rings (SSSR count). The molecule has 2 unspecified atom stereocenters. The van der Waals surface area contributed by atoms with E-state index in [1.54, 1.807) is 13.1 Å². The van der Waals surface area contributed by atoms with Crippen LogP contribution >= 0.6 is 15.9 Å². The van der Waals surface area contributed by atoms with Gasteiger partial charge in [0.05, 0.1) is 22.6 Å². The highest BCUT2D eigenvalue weighted by atomic mass is 79.9. The van der Waals surface area contributed by atoms with Gasteiger partial charge in [0.1, 0.15) is 4.47 Å². The molecule has 7 heteroatoms. The number of nitro groups is 1. The first-order chi connectivity index (χ1) is 9.93. The second-order valence-electron chi connectivity index (χ2n) is 5.23. The first-order valence-electron chi connectivity index (χ1n) is 6.81. The average molecular weight is 357 g/mol. The van der Waals surface area contributed by atoms with Gasteiger partial charge in [-0.1, -0.05) is 18.9 Å². The van der Waals surface area contributed by atoms with Gasteiger partial charge in [0.2, 0.25) is 0 Å². The van der Waals surface area contributed by atoms with Crippen molar-refractivity contribution >= 4 is 27.5 Å². The third-order valence-corrected chi connectivity index (χ3v) is 4.75. The highest BCUT2D eigenvalue weighted by Gasteiger charge is 2.31. The number of hydrogen-bond donors (Lipinski definition) is 1. The van der Waals surface area contributed by atoms with Crippen molar-refractivity contribution in [2.24, 2.45) is 0 Å². The largest absolute Gasteiger partial charge is 0.391 e. The van der Waals surface area contributed by atoms with Crippen molar-refractivity contribution < 1.29 is 14.8 Å². The summed E-state index contributed by atoms with van der Waals surface area (Å²) < 4.78 is 0.178. The van der Waals surface area contributed by atoms with Crippen LogP contribution in [0.3, 0.4) is 0 Å². The van der Waals surface area contributed by atoms with Gasteiger partial charge in [-0.05, 0) is 34.8 Å². The van der Waals surface area contributed by atoms with Gasteiger partial charge in [0.15, 0.2) is 0 Å². The molecule has 0 radical (unpaired) electrons. The van der Waals surface area contributed by atoms with Gasteiger partial charge in [0, 0.05) is 13.1 Å². The minimum Gasteiger partial charge on any atom is -0.391 e.